The summed E-state index contributed by atoms with van der Waals surface area (Å²) in [5, 5.41) is 20.2. The number of aliphatic hydroxyl groups excluding tert-OH is 1. The van der Waals surface area contributed by atoms with Gasteiger partial charge in [0.1, 0.15) is 5.82 Å². The molecule has 0 heterocycles. The van der Waals surface area contributed by atoms with Crippen LogP contribution in [0.3, 0.4) is 0 Å². The lowest BCUT2D eigenvalue weighted by Gasteiger charge is -2.31. The minimum atomic E-state index is -1.11. The van der Waals surface area contributed by atoms with Crippen molar-refractivity contribution in [2.24, 2.45) is 0 Å². The number of hydrogen-bond acceptors (Lipinski definition) is 2. The molecule has 0 amide bonds. The summed E-state index contributed by atoms with van der Waals surface area (Å²) in [5.41, 5.74) is -0.441. The van der Waals surface area contributed by atoms with Crippen LogP contribution in [-0.2, 0) is 6.42 Å². The van der Waals surface area contributed by atoms with Gasteiger partial charge in [0.05, 0.1) is 16.2 Å². The van der Waals surface area contributed by atoms with Crippen molar-refractivity contribution in [3.63, 3.8) is 0 Å². The quantitative estimate of drug-likeness (QED) is 0.878. The van der Waals surface area contributed by atoms with Gasteiger partial charge in [-0.25, -0.2) is 4.39 Å². The minimum Gasteiger partial charge on any atom is -0.390 e. The summed E-state index contributed by atoms with van der Waals surface area (Å²) in [5.74, 6) is -0.355. The molecule has 0 aliphatic rings. The summed E-state index contributed by atoms with van der Waals surface area (Å²) in [6.45, 7) is 3.65. The molecule has 0 saturated carbocycles. The Labute approximate surface area is 110 Å². The minimum absolute atomic E-state index is 0.233. The molecule has 0 bridgehead atoms. The van der Waals surface area contributed by atoms with Crippen LogP contribution in [0, 0.1) is 5.82 Å². The Morgan fingerprint density at radius 3 is 2.47 bits per heavy atom. The van der Waals surface area contributed by atoms with E-state index in [0.29, 0.717) is 22.9 Å². The molecule has 0 aliphatic carbocycles. The third-order valence-corrected chi connectivity index (χ3v) is 4.18. The molecule has 1 aromatic carbocycles. The molecule has 0 radical (unpaired) electrons. The maximum absolute atomic E-state index is 13.3. The number of aliphatic hydroxyl groups is 2. The first-order valence-electron chi connectivity index (χ1n) is 5.78. The molecular weight excluding hydrogens is 287 g/mol. The molecule has 0 aromatic heterocycles. The molecule has 0 spiro atoms. The Morgan fingerprint density at radius 1 is 1.35 bits per heavy atom. The lowest BCUT2D eigenvalue weighted by atomic mass is 9.87. The first-order valence-corrected chi connectivity index (χ1v) is 6.57. The van der Waals surface area contributed by atoms with Crippen LogP contribution in [0.1, 0.15) is 32.3 Å². The monoisotopic (exact) mass is 304 g/mol. The summed E-state index contributed by atoms with van der Waals surface area (Å²) < 4.78 is 13.7. The molecule has 1 atom stereocenters. The van der Waals surface area contributed by atoms with E-state index in [4.69, 9.17) is 0 Å². The predicted octanol–water partition coefficient (Wildman–Crippen LogP) is 3.04. The van der Waals surface area contributed by atoms with Gasteiger partial charge in [-0.15, -0.1) is 0 Å². The van der Waals surface area contributed by atoms with E-state index in [2.05, 4.69) is 15.9 Å². The van der Waals surface area contributed by atoms with E-state index in [1.807, 2.05) is 13.8 Å². The van der Waals surface area contributed by atoms with Crippen molar-refractivity contribution in [2.45, 2.75) is 44.8 Å². The maximum atomic E-state index is 13.3. The van der Waals surface area contributed by atoms with Crippen LogP contribution in [0.2, 0.25) is 0 Å². The highest BCUT2D eigenvalue weighted by atomic mass is 79.9. The molecule has 0 saturated heterocycles. The molecule has 4 heteroatoms. The van der Waals surface area contributed by atoms with Gasteiger partial charge in [-0.1, -0.05) is 26.0 Å². The molecule has 0 aliphatic heterocycles. The Hall–Kier alpha value is -0.450. The molecule has 1 aromatic rings. The van der Waals surface area contributed by atoms with Gasteiger partial charge in [0, 0.05) is 6.42 Å². The lowest BCUT2D eigenvalue weighted by molar-refractivity contribution is -0.0791. The van der Waals surface area contributed by atoms with Gasteiger partial charge in [-0.2, -0.15) is 0 Å². The van der Waals surface area contributed by atoms with E-state index >= 15 is 0 Å². The zero-order valence-corrected chi connectivity index (χ0v) is 11.7. The van der Waals surface area contributed by atoms with Crippen molar-refractivity contribution < 1.29 is 14.6 Å². The smallest absolute Gasteiger partial charge is 0.137 e. The molecule has 1 rings (SSSR count). The SMILES string of the molecule is CCC(O)(CC)C(O)Cc1cccc(F)c1Br. The van der Waals surface area contributed by atoms with Crippen LogP contribution in [-0.4, -0.2) is 21.9 Å². The fourth-order valence-corrected chi connectivity index (χ4v) is 2.25. The van der Waals surface area contributed by atoms with Gasteiger partial charge in [0.25, 0.3) is 0 Å². The van der Waals surface area contributed by atoms with E-state index < -0.39 is 11.7 Å². The predicted molar refractivity (Wildman–Crippen MR) is 69.3 cm³/mol. The maximum Gasteiger partial charge on any atom is 0.137 e. The molecule has 2 N–H and O–H groups in total. The average molecular weight is 305 g/mol. The van der Waals surface area contributed by atoms with E-state index in [-0.39, 0.29) is 12.2 Å². The largest absolute Gasteiger partial charge is 0.390 e. The highest BCUT2D eigenvalue weighted by Crippen LogP contribution is 2.27. The second-order valence-electron chi connectivity index (χ2n) is 4.24. The van der Waals surface area contributed by atoms with Gasteiger partial charge in [-0.05, 0) is 40.4 Å². The summed E-state index contributed by atoms with van der Waals surface area (Å²) in [7, 11) is 0. The number of halogens is 2. The third-order valence-electron chi connectivity index (χ3n) is 3.29. The third kappa shape index (κ3) is 3.27. The number of hydrogen-bond donors (Lipinski definition) is 2. The second-order valence-corrected chi connectivity index (χ2v) is 5.04. The second kappa shape index (κ2) is 5.94. The Bertz CT molecular complexity index is 378. The summed E-state index contributed by atoms with van der Waals surface area (Å²) in [6.07, 6.45) is 0.279. The first kappa shape index (κ1) is 14.6. The lowest BCUT2D eigenvalue weighted by Crippen LogP contribution is -2.42. The van der Waals surface area contributed by atoms with Crippen LogP contribution in [0.15, 0.2) is 22.7 Å². The molecule has 1 unspecified atom stereocenters. The highest BCUT2D eigenvalue weighted by molar-refractivity contribution is 9.10. The van der Waals surface area contributed by atoms with Crippen LogP contribution >= 0.6 is 15.9 Å². The van der Waals surface area contributed by atoms with Crippen molar-refractivity contribution in [3.05, 3.63) is 34.1 Å². The molecule has 2 nitrogen and oxygen atoms in total. The van der Waals surface area contributed by atoms with Crippen LogP contribution in [0.4, 0.5) is 4.39 Å². The van der Waals surface area contributed by atoms with Gasteiger partial charge in [0.15, 0.2) is 0 Å². The van der Waals surface area contributed by atoms with Gasteiger partial charge in [-0.3, -0.25) is 0 Å². The van der Waals surface area contributed by atoms with E-state index in [1.54, 1.807) is 12.1 Å². The molecule has 17 heavy (non-hydrogen) atoms. The Balaban J connectivity index is 2.88. The summed E-state index contributed by atoms with van der Waals surface area (Å²) in [6, 6.07) is 4.69. The van der Waals surface area contributed by atoms with Crippen molar-refractivity contribution in [1.29, 1.82) is 0 Å². The average Bonchev–Trinajstić information content (AvgIpc) is 2.33. The van der Waals surface area contributed by atoms with E-state index in [9.17, 15) is 14.6 Å². The van der Waals surface area contributed by atoms with Crippen LogP contribution in [0.25, 0.3) is 0 Å². The van der Waals surface area contributed by atoms with Crippen molar-refractivity contribution in [1.82, 2.24) is 0 Å². The normalized spacial score (nSPS) is 13.8. The molecule has 96 valence electrons. The fourth-order valence-electron chi connectivity index (χ4n) is 1.83. The Kier molecular flexibility index (Phi) is 5.10. The number of benzene rings is 1. The zero-order chi connectivity index (χ0) is 13.1. The van der Waals surface area contributed by atoms with Crippen molar-refractivity contribution >= 4 is 15.9 Å². The summed E-state index contributed by atoms with van der Waals surface area (Å²) >= 11 is 3.15. The van der Waals surface area contributed by atoms with Crippen molar-refractivity contribution in [3.8, 4) is 0 Å². The summed E-state index contributed by atoms with van der Waals surface area (Å²) in [4.78, 5) is 0. The van der Waals surface area contributed by atoms with E-state index in [1.165, 1.54) is 6.07 Å². The topological polar surface area (TPSA) is 40.5 Å². The fraction of sp³-hybridized carbons (Fsp3) is 0.538. The zero-order valence-electron chi connectivity index (χ0n) is 10.1. The van der Waals surface area contributed by atoms with Crippen molar-refractivity contribution in [2.75, 3.05) is 0 Å². The van der Waals surface area contributed by atoms with Crippen LogP contribution in [0.5, 0.6) is 0 Å². The van der Waals surface area contributed by atoms with Crippen LogP contribution < -0.4 is 0 Å². The van der Waals surface area contributed by atoms with Gasteiger partial charge < -0.3 is 10.2 Å². The standard InChI is InChI=1S/C13H18BrFO2/c1-3-13(17,4-2)11(16)8-9-6-5-7-10(15)12(9)14/h5-7,11,16-17H,3-4,8H2,1-2H3. The molecule has 0 fully saturated rings. The number of rotatable bonds is 5. The Morgan fingerprint density at radius 2 is 1.94 bits per heavy atom. The van der Waals surface area contributed by atoms with Gasteiger partial charge >= 0.3 is 0 Å². The molecular formula is C13H18BrFO2. The van der Waals surface area contributed by atoms with Gasteiger partial charge in [0.2, 0.25) is 0 Å². The highest BCUT2D eigenvalue weighted by Gasteiger charge is 2.32. The van der Waals surface area contributed by atoms with E-state index in [0.717, 1.165) is 0 Å². The first-order chi connectivity index (χ1) is 7.94.